The predicted molar refractivity (Wildman–Crippen MR) is 68.6 cm³/mol. The number of hydrogen-bond donors (Lipinski definition) is 2. The van der Waals surface area contributed by atoms with Gasteiger partial charge in [0.2, 0.25) is 5.91 Å². The molecule has 1 rings (SSSR count). The third-order valence-electron chi connectivity index (χ3n) is 3.62. The van der Waals surface area contributed by atoms with E-state index in [-0.39, 0.29) is 11.5 Å². The number of ether oxygens (including phenoxy) is 1. The minimum Gasteiger partial charge on any atom is -0.378 e. The first-order valence-corrected chi connectivity index (χ1v) is 6.50. The van der Waals surface area contributed by atoms with Crippen LogP contribution in [-0.4, -0.2) is 31.2 Å². The zero-order valence-corrected chi connectivity index (χ0v) is 11.3. The Bertz CT molecular complexity index is 246. The molecule has 0 atom stereocenters. The molecule has 1 fully saturated rings. The highest BCUT2D eigenvalue weighted by Crippen LogP contribution is 2.22. The Balaban J connectivity index is 2.20. The van der Waals surface area contributed by atoms with Crippen LogP contribution in [0.15, 0.2) is 0 Å². The molecule has 3 N–H and O–H groups in total. The van der Waals surface area contributed by atoms with E-state index >= 15 is 0 Å². The topological polar surface area (TPSA) is 64.3 Å². The van der Waals surface area contributed by atoms with E-state index in [4.69, 9.17) is 10.5 Å². The molecular formula is C13H26N2O2. The molecule has 17 heavy (non-hydrogen) atoms. The van der Waals surface area contributed by atoms with Gasteiger partial charge in [-0.3, -0.25) is 4.79 Å². The van der Waals surface area contributed by atoms with Gasteiger partial charge in [-0.15, -0.1) is 0 Å². The van der Waals surface area contributed by atoms with Crippen LogP contribution in [0.5, 0.6) is 0 Å². The third kappa shape index (κ3) is 5.50. The molecule has 100 valence electrons. The average molecular weight is 242 g/mol. The molecule has 0 saturated heterocycles. The summed E-state index contributed by atoms with van der Waals surface area (Å²) in [6.45, 7) is 4.63. The van der Waals surface area contributed by atoms with Crippen molar-refractivity contribution in [1.82, 2.24) is 5.32 Å². The highest BCUT2D eigenvalue weighted by molar-refractivity contribution is 5.76. The Morgan fingerprint density at radius 3 is 2.47 bits per heavy atom. The van der Waals surface area contributed by atoms with E-state index in [1.807, 2.05) is 13.8 Å². The molecule has 0 aromatic heterocycles. The maximum absolute atomic E-state index is 11.7. The molecule has 0 aliphatic heterocycles. The second kappa shape index (κ2) is 6.36. The molecule has 4 nitrogen and oxygen atoms in total. The van der Waals surface area contributed by atoms with Crippen LogP contribution in [0.2, 0.25) is 0 Å². The molecule has 0 spiro atoms. The van der Waals surface area contributed by atoms with Crippen LogP contribution in [-0.2, 0) is 9.53 Å². The summed E-state index contributed by atoms with van der Waals surface area (Å²) in [4.78, 5) is 11.7. The molecule has 1 aliphatic carbocycles. The fourth-order valence-corrected chi connectivity index (χ4v) is 2.17. The van der Waals surface area contributed by atoms with Crippen molar-refractivity contribution in [2.45, 2.75) is 57.6 Å². The maximum atomic E-state index is 11.7. The van der Waals surface area contributed by atoms with E-state index in [1.54, 1.807) is 7.11 Å². The van der Waals surface area contributed by atoms with Gasteiger partial charge >= 0.3 is 0 Å². The zero-order chi connectivity index (χ0) is 12.9. The van der Waals surface area contributed by atoms with Crippen molar-refractivity contribution in [3.63, 3.8) is 0 Å². The van der Waals surface area contributed by atoms with Crippen molar-refractivity contribution < 1.29 is 9.53 Å². The number of rotatable bonds is 5. The fourth-order valence-electron chi connectivity index (χ4n) is 2.17. The molecular weight excluding hydrogens is 216 g/mol. The van der Waals surface area contributed by atoms with Gasteiger partial charge in [-0.05, 0) is 45.4 Å². The van der Waals surface area contributed by atoms with Gasteiger partial charge in [0.15, 0.2) is 0 Å². The van der Waals surface area contributed by atoms with E-state index in [0.29, 0.717) is 18.4 Å². The first kappa shape index (κ1) is 14.5. The van der Waals surface area contributed by atoms with E-state index in [9.17, 15) is 4.79 Å². The Morgan fingerprint density at radius 2 is 1.94 bits per heavy atom. The first-order valence-electron chi connectivity index (χ1n) is 6.50. The molecule has 0 aromatic carbocycles. The second-order valence-electron chi connectivity index (χ2n) is 5.73. The maximum Gasteiger partial charge on any atom is 0.222 e. The molecule has 1 saturated carbocycles. The van der Waals surface area contributed by atoms with Gasteiger partial charge in [-0.1, -0.05) is 0 Å². The standard InChI is InChI=1S/C13H26N2O2/c1-13(2,17-3)8-12(16)15-9-10-4-6-11(14)7-5-10/h10-11H,4-9,14H2,1-3H3,(H,15,16). The van der Waals surface area contributed by atoms with E-state index < -0.39 is 0 Å². The number of methoxy groups -OCH3 is 1. The minimum atomic E-state index is -0.376. The summed E-state index contributed by atoms with van der Waals surface area (Å²) in [5, 5.41) is 3.00. The Hall–Kier alpha value is -0.610. The Morgan fingerprint density at radius 1 is 1.35 bits per heavy atom. The number of hydrogen-bond acceptors (Lipinski definition) is 3. The lowest BCUT2D eigenvalue weighted by atomic mass is 9.86. The number of nitrogens with one attached hydrogen (secondary N) is 1. The van der Waals surface area contributed by atoms with Crippen LogP contribution in [0.4, 0.5) is 0 Å². The van der Waals surface area contributed by atoms with Crippen molar-refractivity contribution in [2.75, 3.05) is 13.7 Å². The molecule has 1 aliphatic rings. The molecule has 4 heteroatoms. The molecule has 0 aromatic rings. The van der Waals surface area contributed by atoms with Crippen molar-refractivity contribution in [3.8, 4) is 0 Å². The van der Waals surface area contributed by atoms with Crippen molar-refractivity contribution >= 4 is 5.91 Å². The van der Waals surface area contributed by atoms with E-state index in [0.717, 1.165) is 32.2 Å². The zero-order valence-electron chi connectivity index (χ0n) is 11.3. The lowest BCUT2D eigenvalue weighted by Gasteiger charge is -2.27. The fraction of sp³-hybridized carbons (Fsp3) is 0.923. The summed E-state index contributed by atoms with van der Waals surface area (Å²) in [5.74, 6) is 0.677. The summed E-state index contributed by atoms with van der Waals surface area (Å²) < 4.78 is 5.24. The van der Waals surface area contributed by atoms with Crippen LogP contribution in [0.1, 0.15) is 46.0 Å². The van der Waals surface area contributed by atoms with Gasteiger partial charge in [0.05, 0.1) is 12.0 Å². The normalized spacial score (nSPS) is 25.6. The monoisotopic (exact) mass is 242 g/mol. The smallest absolute Gasteiger partial charge is 0.222 e. The van der Waals surface area contributed by atoms with Crippen LogP contribution < -0.4 is 11.1 Å². The highest BCUT2D eigenvalue weighted by Gasteiger charge is 2.23. The summed E-state index contributed by atoms with van der Waals surface area (Å²) in [7, 11) is 1.63. The van der Waals surface area contributed by atoms with Gasteiger partial charge in [0.1, 0.15) is 0 Å². The lowest BCUT2D eigenvalue weighted by molar-refractivity contribution is -0.126. The highest BCUT2D eigenvalue weighted by atomic mass is 16.5. The Labute approximate surface area is 104 Å². The number of carbonyl (C=O) groups excluding carboxylic acids is 1. The number of carbonyl (C=O) groups is 1. The summed E-state index contributed by atoms with van der Waals surface area (Å²) in [5.41, 5.74) is 5.47. The van der Waals surface area contributed by atoms with Crippen molar-refractivity contribution in [3.05, 3.63) is 0 Å². The van der Waals surface area contributed by atoms with Crippen LogP contribution in [0.3, 0.4) is 0 Å². The molecule has 1 amide bonds. The second-order valence-corrected chi connectivity index (χ2v) is 5.73. The van der Waals surface area contributed by atoms with E-state index in [2.05, 4.69) is 5.32 Å². The predicted octanol–water partition coefficient (Wildman–Crippen LogP) is 1.44. The SMILES string of the molecule is COC(C)(C)CC(=O)NCC1CCC(N)CC1. The average Bonchev–Trinajstić information content (AvgIpc) is 2.28. The quantitative estimate of drug-likeness (QED) is 0.766. The van der Waals surface area contributed by atoms with Crippen LogP contribution >= 0.6 is 0 Å². The number of nitrogens with two attached hydrogens (primary N) is 1. The lowest BCUT2D eigenvalue weighted by Crippen LogP contribution is -2.37. The van der Waals surface area contributed by atoms with Gasteiger partial charge in [-0.25, -0.2) is 0 Å². The molecule has 0 unspecified atom stereocenters. The Kier molecular flexibility index (Phi) is 5.40. The van der Waals surface area contributed by atoms with E-state index in [1.165, 1.54) is 0 Å². The minimum absolute atomic E-state index is 0.0757. The van der Waals surface area contributed by atoms with Crippen LogP contribution in [0.25, 0.3) is 0 Å². The van der Waals surface area contributed by atoms with Gasteiger partial charge in [0, 0.05) is 19.7 Å². The van der Waals surface area contributed by atoms with Crippen molar-refractivity contribution in [1.29, 1.82) is 0 Å². The largest absolute Gasteiger partial charge is 0.378 e. The molecule has 0 bridgehead atoms. The van der Waals surface area contributed by atoms with Gasteiger partial charge in [0.25, 0.3) is 0 Å². The van der Waals surface area contributed by atoms with Crippen LogP contribution in [0, 0.1) is 5.92 Å². The van der Waals surface area contributed by atoms with Crippen molar-refractivity contribution in [2.24, 2.45) is 11.7 Å². The third-order valence-corrected chi connectivity index (χ3v) is 3.62. The number of amides is 1. The molecule has 0 radical (unpaired) electrons. The van der Waals surface area contributed by atoms with Gasteiger partial charge in [-0.2, -0.15) is 0 Å². The first-order chi connectivity index (χ1) is 7.93. The van der Waals surface area contributed by atoms with Gasteiger partial charge < -0.3 is 15.8 Å². The molecule has 0 heterocycles. The summed E-state index contributed by atoms with van der Waals surface area (Å²) >= 11 is 0. The summed E-state index contributed by atoms with van der Waals surface area (Å²) in [6.07, 6.45) is 4.86. The summed E-state index contributed by atoms with van der Waals surface area (Å²) in [6, 6.07) is 0.370.